The van der Waals surface area contributed by atoms with Gasteiger partial charge in [-0.25, -0.2) is 10.9 Å². The second-order valence-electron chi connectivity index (χ2n) is 11.8. The summed E-state index contributed by atoms with van der Waals surface area (Å²) >= 11 is 3.24. The molecule has 0 radical (unpaired) electrons. The number of anilines is 2. The topological polar surface area (TPSA) is 101 Å². The molecule has 0 amide bonds. The maximum Gasteiger partial charge on any atom is 0.164 e. The van der Waals surface area contributed by atoms with Crippen molar-refractivity contribution < 1.29 is 19.1 Å². The van der Waals surface area contributed by atoms with E-state index in [1.54, 1.807) is 22.7 Å². The SMILES string of the molecule is O=C(CC(NNc1ccccc1)c1cccs1)c1ccc(OCCCOc2ccc(C(=O)CC(NNc3ccccc3)c3cccs3)cc2)cc1. The summed E-state index contributed by atoms with van der Waals surface area (Å²) in [6.07, 6.45) is 1.30. The van der Waals surface area contributed by atoms with Crippen LogP contribution in [0.5, 0.6) is 11.5 Å². The minimum Gasteiger partial charge on any atom is -0.493 e. The number of ketones is 2. The third-order valence-corrected chi connectivity index (χ3v) is 10.0. The highest BCUT2D eigenvalue weighted by Gasteiger charge is 2.20. The molecule has 0 bridgehead atoms. The first-order valence-electron chi connectivity index (χ1n) is 16.8. The summed E-state index contributed by atoms with van der Waals surface area (Å²) in [5.74, 6) is 1.48. The molecule has 0 fully saturated rings. The fourth-order valence-electron chi connectivity index (χ4n) is 5.33. The monoisotopic (exact) mass is 716 g/mol. The minimum absolute atomic E-state index is 0.0440. The fourth-order valence-corrected chi connectivity index (χ4v) is 6.88. The molecule has 4 N–H and O–H groups in total. The van der Waals surface area contributed by atoms with Gasteiger partial charge in [-0.15, -0.1) is 22.7 Å². The van der Waals surface area contributed by atoms with Crippen LogP contribution in [0.4, 0.5) is 11.4 Å². The molecule has 2 atom stereocenters. The molecule has 2 heterocycles. The number of benzene rings is 4. The van der Waals surface area contributed by atoms with Gasteiger partial charge < -0.3 is 20.3 Å². The van der Waals surface area contributed by atoms with Crippen molar-refractivity contribution in [3.8, 4) is 11.5 Å². The third kappa shape index (κ3) is 10.9. The van der Waals surface area contributed by atoms with Crippen LogP contribution in [0.15, 0.2) is 144 Å². The van der Waals surface area contributed by atoms with Gasteiger partial charge >= 0.3 is 0 Å². The van der Waals surface area contributed by atoms with Gasteiger partial charge in [-0.05, 0) is 95.7 Å². The number of hydrogen-bond acceptors (Lipinski definition) is 10. The van der Waals surface area contributed by atoms with Crippen LogP contribution in [-0.4, -0.2) is 24.8 Å². The summed E-state index contributed by atoms with van der Waals surface area (Å²) in [5.41, 5.74) is 16.2. The molecule has 0 aliphatic rings. The Balaban J connectivity index is 0.916. The number of rotatable bonds is 20. The van der Waals surface area contributed by atoms with Gasteiger partial charge in [0.15, 0.2) is 11.6 Å². The van der Waals surface area contributed by atoms with Crippen molar-refractivity contribution in [3.63, 3.8) is 0 Å². The lowest BCUT2D eigenvalue weighted by Gasteiger charge is -2.18. The number of nitrogens with one attached hydrogen (secondary N) is 4. The van der Waals surface area contributed by atoms with Gasteiger partial charge in [-0.1, -0.05) is 48.5 Å². The predicted octanol–water partition coefficient (Wildman–Crippen LogP) is 9.52. The van der Waals surface area contributed by atoms with Gasteiger partial charge in [-0.2, -0.15) is 0 Å². The van der Waals surface area contributed by atoms with E-state index in [0.717, 1.165) is 21.1 Å². The summed E-state index contributed by atoms with van der Waals surface area (Å²) < 4.78 is 11.8. The number of para-hydroxylation sites is 2. The maximum absolute atomic E-state index is 13.2. The van der Waals surface area contributed by atoms with Crippen molar-refractivity contribution in [3.05, 3.63) is 165 Å². The van der Waals surface area contributed by atoms with Crippen LogP contribution in [0.1, 0.15) is 61.8 Å². The van der Waals surface area contributed by atoms with Crippen molar-refractivity contribution in [2.24, 2.45) is 0 Å². The van der Waals surface area contributed by atoms with Crippen molar-refractivity contribution in [2.45, 2.75) is 31.3 Å². The Labute approximate surface area is 306 Å². The molecule has 0 saturated carbocycles. The Morgan fingerprint density at radius 1 is 0.510 bits per heavy atom. The van der Waals surface area contributed by atoms with E-state index < -0.39 is 0 Å². The average Bonchev–Trinajstić information content (AvgIpc) is 3.92. The smallest absolute Gasteiger partial charge is 0.164 e. The van der Waals surface area contributed by atoms with E-state index in [4.69, 9.17) is 9.47 Å². The van der Waals surface area contributed by atoms with E-state index in [1.165, 1.54) is 0 Å². The maximum atomic E-state index is 13.2. The minimum atomic E-state index is -0.167. The highest BCUT2D eigenvalue weighted by Crippen LogP contribution is 2.26. The number of Topliss-reactive ketones (excluding diaryl/α,β-unsaturated/α-hetero) is 2. The summed E-state index contributed by atoms with van der Waals surface area (Å²) in [7, 11) is 0. The lowest BCUT2D eigenvalue weighted by molar-refractivity contribution is 0.0962. The first-order valence-corrected chi connectivity index (χ1v) is 18.6. The molecular formula is C41H40N4O4S2. The molecule has 0 aliphatic carbocycles. The van der Waals surface area contributed by atoms with Crippen LogP contribution in [0.3, 0.4) is 0 Å². The zero-order valence-electron chi connectivity index (χ0n) is 28.0. The van der Waals surface area contributed by atoms with Crippen molar-refractivity contribution >= 4 is 45.6 Å². The zero-order valence-corrected chi connectivity index (χ0v) is 29.6. The Morgan fingerprint density at radius 3 is 1.29 bits per heavy atom. The molecule has 0 aliphatic heterocycles. The number of thiophene rings is 2. The molecule has 2 aromatic heterocycles. The van der Waals surface area contributed by atoms with Crippen LogP contribution in [0.25, 0.3) is 0 Å². The van der Waals surface area contributed by atoms with E-state index >= 15 is 0 Å². The molecule has 10 heteroatoms. The van der Waals surface area contributed by atoms with Crippen molar-refractivity contribution in [2.75, 3.05) is 24.1 Å². The molecule has 2 unspecified atom stereocenters. The zero-order chi connectivity index (χ0) is 35.1. The molecule has 51 heavy (non-hydrogen) atoms. The summed E-state index contributed by atoms with van der Waals surface area (Å²) in [6, 6.07) is 41.9. The van der Waals surface area contributed by atoms with Gasteiger partial charge in [0.05, 0.1) is 25.3 Å². The predicted molar refractivity (Wildman–Crippen MR) is 207 cm³/mol. The van der Waals surface area contributed by atoms with Gasteiger partial charge in [0.2, 0.25) is 0 Å². The number of hydrogen-bond donors (Lipinski definition) is 4. The van der Waals surface area contributed by atoms with Crippen molar-refractivity contribution in [1.29, 1.82) is 0 Å². The largest absolute Gasteiger partial charge is 0.493 e. The molecule has 260 valence electrons. The summed E-state index contributed by atoms with van der Waals surface area (Å²) in [6.45, 7) is 0.932. The Morgan fingerprint density at radius 2 is 0.922 bits per heavy atom. The van der Waals surface area contributed by atoms with Gasteiger partial charge in [0.25, 0.3) is 0 Å². The number of hydrazine groups is 2. The Hall–Kier alpha value is -5.26. The Kier molecular flexibility index (Phi) is 13.0. The summed E-state index contributed by atoms with van der Waals surface area (Å²) in [5, 5.41) is 4.03. The number of carbonyl (C=O) groups excluding carboxylic acids is 2. The number of ether oxygens (including phenoxy) is 2. The second kappa shape index (κ2) is 18.7. The average molecular weight is 717 g/mol. The molecule has 0 spiro atoms. The standard InChI is InChI=1S/C41H40N4O4S2/c46-38(28-36(40-14-7-26-50-40)44-42-32-10-3-1-4-11-32)30-16-20-34(21-17-30)48-24-9-25-49-35-22-18-31(19-23-35)39(47)29-37(41-15-8-27-51-41)45-43-33-12-5-2-6-13-33/h1-8,10-23,26-27,36-37,42-45H,9,24-25,28-29H2. The van der Waals surface area contributed by atoms with Gasteiger partial charge in [0.1, 0.15) is 11.5 Å². The lowest BCUT2D eigenvalue weighted by Crippen LogP contribution is -2.28. The molecule has 6 aromatic rings. The highest BCUT2D eigenvalue weighted by molar-refractivity contribution is 7.10. The van der Waals surface area contributed by atoms with E-state index in [2.05, 4.69) is 21.7 Å². The highest BCUT2D eigenvalue weighted by atomic mass is 32.1. The van der Waals surface area contributed by atoms with Crippen molar-refractivity contribution in [1.82, 2.24) is 10.9 Å². The first kappa shape index (κ1) is 35.6. The van der Waals surface area contributed by atoms with Gasteiger partial charge in [0, 0.05) is 51.5 Å². The molecular weight excluding hydrogens is 677 g/mol. The number of carbonyl (C=O) groups is 2. The third-order valence-electron chi connectivity index (χ3n) is 8.06. The van der Waals surface area contributed by atoms with Gasteiger partial charge in [-0.3, -0.25) is 9.59 Å². The van der Waals surface area contributed by atoms with E-state index in [0.29, 0.717) is 55.1 Å². The van der Waals surface area contributed by atoms with Crippen LogP contribution < -0.4 is 31.2 Å². The van der Waals surface area contributed by atoms with Crippen LogP contribution in [0, 0.1) is 0 Å². The van der Waals surface area contributed by atoms with E-state index in [1.807, 2.05) is 144 Å². The van der Waals surface area contributed by atoms with Crippen LogP contribution >= 0.6 is 22.7 Å². The van der Waals surface area contributed by atoms with E-state index in [9.17, 15) is 9.59 Å². The molecule has 8 nitrogen and oxygen atoms in total. The molecule has 4 aromatic carbocycles. The fraction of sp³-hybridized carbons (Fsp3) is 0.171. The summed E-state index contributed by atoms with van der Waals surface area (Å²) in [4.78, 5) is 28.6. The molecule has 0 saturated heterocycles. The Bertz CT molecular complexity index is 1760. The van der Waals surface area contributed by atoms with E-state index in [-0.39, 0.29) is 23.7 Å². The first-order chi connectivity index (χ1) is 25.1. The normalized spacial score (nSPS) is 12.1. The lowest BCUT2D eigenvalue weighted by atomic mass is 10.0. The van der Waals surface area contributed by atoms with Crippen LogP contribution in [0.2, 0.25) is 0 Å². The quantitative estimate of drug-likeness (QED) is 0.0352. The molecule has 6 rings (SSSR count). The van der Waals surface area contributed by atoms with Crippen LogP contribution in [-0.2, 0) is 0 Å². The second-order valence-corrected chi connectivity index (χ2v) is 13.7.